The normalized spacial score (nSPS) is 18.7. The third-order valence-corrected chi connectivity index (χ3v) is 5.66. The van der Waals surface area contributed by atoms with Crippen LogP contribution in [0.15, 0.2) is 16.7 Å². The van der Waals surface area contributed by atoms with Gasteiger partial charge in [-0.25, -0.2) is 9.97 Å². The van der Waals surface area contributed by atoms with Gasteiger partial charge in [-0.05, 0) is 48.0 Å². The first-order chi connectivity index (χ1) is 9.04. The van der Waals surface area contributed by atoms with Crippen molar-refractivity contribution in [3.8, 4) is 0 Å². The van der Waals surface area contributed by atoms with Crippen molar-refractivity contribution in [3.05, 3.63) is 22.6 Å². The molecular formula is C13H15BrClN3S. The Morgan fingerprint density at radius 2 is 2.32 bits per heavy atom. The minimum Gasteiger partial charge on any atom is -0.310 e. The zero-order chi connectivity index (χ0) is 13.6. The van der Waals surface area contributed by atoms with Crippen molar-refractivity contribution in [3.63, 3.8) is 0 Å². The van der Waals surface area contributed by atoms with Crippen LogP contribution in [-0.2, 0) is 6.54 Å². The van der Waals surface area contributed by atoms with E-state index in [0.29, 0.717) is 4.75 Å². The summed E-state index contributed by atoms with van der Waals surface area (Å²) in [5, 5.41) is -0.106. The van der Waals surface area contributed by atoms with Crippen LogP contribution in [0.3, 0.4) is 0 Å². The first-order valence-corrected chi connectivity index (χ1v) is 8.71. The van der Waals surface area contributed by atoms with E-state index in [1.807, 2.05) is 30.9 Å². The van der Waals surface area contributed by atoms with Crippen LogP contribution in [0.5, 0.6) is 0 Å². The molecule has 1 fully saturated rings. The van der Waals surface area contributed by atoms with E-state index in [9.17, 15) is 0 Å². The smallest absolute Gasteiger partial charge is 0.160 e. The summed E-state index contributed by atoms with van der Waals surface area (Å²) >= 11 is 11.7. The third-order valence-electron chi connectivity index (χ3n) is 3.62. The number of fused-ring (bicyclic) bond motifs is 1. The van der Waals surface area contributed by atoms with Gasteiger partial charge in [0.2, 0.25) is 0 Å². The van der Waals surface area contributed by atoms with Crippen molar-refractivity contribution in [2.45, 2.75) is 36.4 Å². The minimum absolute atomic E-state index is 0.106. The number of aromatic nitrogens is 3. The number of imidazole rings is 1. The van der Waals surface area contributed by atoms with Gasteiger partial charge in [-0.1, -0.05) is 0 Å². The van der Waals surface area contributed by atoms with Crippen molar-refractivity contribution < 1.29 is 0 Å². The predicted molar refractivity (Wildman–Crippen MR) is 85.0 cm³/mol. The number of thioether (sulfide) groups is 1. The number of hydrogen-bond acceptors (Lipinski definition) is 3. The summed E-state index contributed by atoms with van der Waals surface area (Å²) in [7, 11) is 0. The molecule has 1 saturated carbocycles. The average Bonchev–Trinajstić information content (AvgIpc) is 3.06. The van der Waals surface area contributed by atoms with Gasteiger partial charge < -0.3 is 4.57 Å². The van der Waals surface area contributed by atoms with Gasteiger partial charge in [0.05, 0.1) is 5.38 Å². The number of halogens is 2. The van der Waals surface area contributed by atoms with E-state index in [1.165, 1.54) is 12.8 Å². The van der Waals surface area contributed by atoms with Gasteiger partial charge in [0.1, 0.15) is 11.3 Å². The monoisotopic (exact) mass is 359 g/mol. The van der Waals surface area contributed by atoms with E-state index in [2.05, 4.69) is 36.7 Å². The Hall–Kier alpha value is -0.260. The van der Waals surface area contributed by atoms with Gasteiger partial charge in [0.15, 0.2) is 5.65 Å². The molecule has 0 spiro atoms. The van der Waals surface area contributed by atoms with Crippen LogP contribution in [-0.4, -0.2) is 25.5 Å². The highest BCUT2D eigenvalue weighted by molar-refractivity contribution is 9.10. The quantitative estimate of drug-likeness (QED) is 0.758. The van der Waals surface area contributed by atoms with E-state index in [0.717, 1.165) is 28.0 Å². The number of hydrogen-bond donors (Lipinski definition) is 0. The topological polar surface area (TPSA) is 30.7 Å². The predicted octanol–water partition coefficient (Wildman–Crippen LogP) is 4.39. The second-order valence-electron chi connectivity index (χ2n) is 5.06. The molecule has 3 nitrogen and oxygen atoms in total. The summed E-state index contributed by atoms with van der Waals surface area (Å²) in [5.41, 5.74) is 1.85. The first kappa shape index (κ1) is 13.7. The molecule has 3 rings (SSSR count). The molecule has 0 radical (unpaired) electrons. The summed E-state index contributed by atoms with van der Waals surface area (Å²) in [6.07, 6.45) is 6.53. The van der Waals surface area contributed by atoms with Gasteiger partial charge >= 0.3 is 0 Å². The average molecular weight is 361 g/mol. The van der Waals surface area contributed by atoms with Crippen LogP contribution in [0, 0.1) is 0 Å². The third kappa shape index (κ3) is 2.52. The van der Waals surface area contributed by atoms with Crippen molar-refractivity contribution in [2.24, 2.45) is 0 Å². The SMILES string of the molecule is CSC1(Cn2c(C(C)Cl)nc3cc(Br)cnc32)CC1. The molecule has 6 heteroatoms. The molecule has 102 valence electrons. The van der Waals surface area contributed by atoms with E-state index in [4.69, 9.17) is 11.6 Å². The van der Waals surface area contributed by atoms with Crippen molar-refractivity contribution in [2.75, 3.05) is 6.26 Å². The Morgan fingerprint density at radius 1 is 1.58 bits per heavy atom. The molecule has 2 aromatic heterocycles. The maximum Gasteiger partial charge on any atom is 0.160 e. The first-order valence-electron chi connectivity index (χ1n) is 6.25. The Morgan fingerprint density at radius 3 is 2.89 bits per heavy atom. The fraction of sp³-hybridized carbons (Fsp3) is 0.538. The molecule has 0 saturated heterocycles. The Bertz CT molecular complexity index is 622. The van der Waals surface area contributed by atoms with Crippen LogP contribution < -0.4 is 0 Å². The molecule has 1 atom stereocenters. The highest BCUT2D eigenvalue weighted by atomic mass is 79.9. The van der Waals surface area contributed by atoms with Gasteiger partial charge in [0.25, 0.3) is 0 Å². The lowest BCUT2D eigenvalue weighted by molar-refractivity contribution is 0.635. The lowest BCUT2D eigenvalue weighted by Gasteiger charge is -2.16. The number of rotatable bonds is 4. The van der Waals surface area contributed by atoms with Crippen LogP contribution in [0.25, 0.3) is 11.2 Å². The van der Waals surface area contributed by atoms with Crippen LogP contribution >= 0.6 is 39.3 Å². The lowest BCUT2D eigenvalue weighted by atomic mass is 10.3. The zero-order valence-electron chi connectivity index (χ0n) is 10.9. The Kier molecular flexibility index (Phi) is 3.56. The summed E-state index contributed by atoms with van der Waals surface area (Å²) in [6, 6.07) is 2.00. The van der Waals surface area contributed by atoms with Gasteiger partial charge in [-0.15, -0.1) is 11.6 Å². The molecular weight excluding hydrogens is 346 g/mol. The number of alkyl halides is 1. The molecule has 0 N–H and O–H groups in total. The fourth-order valence-corrected chi connectivity index (χ4v) is 3.57. The van der Waals surface area contributed by atoms with Gasteiger partial charge in [0, 0.05) is 22.0 Å². The number of nitrogens with zero attached hydrogens (tertiary/aromatic N) is 3. The lowest BCUT2D eigenvalue weighted by Crippen LogP contribution is -2.16. The van der Waals surface area contributed by atoms with Crippen LogP contribution in [0.2, 0.25) is 0 Å². The summed E-state index contributed by atoms with van der Waals surface area (Å²) < 4.78 is 3.51. The molecule has 1 unspecified atom stereocenters. The van der Waals surface area contributed by atoms with Gasteiger partial charge in [-0.2, -0.15) is 11.8 Å². The largest absolute Gasteiger partial charge is 0.310 e. The van der Waals surface area contributed by atoms with Crippen LogP contribution in [0.1, 0.15) is 31.0 Å². The molecule has 1 aliphatic carbocycles. The molecule has 0 amide bonds. The zero-order valence-corrected chi connectivity index (χ0v) is 14.0. The second kappa shape index (κ2) is 4.93. The van der Waals surface area contributed by atoms with Crippen LogP contribution in [0.4, 0.5) is 0 Å². The number of pyridine rings is 1. The molecule has 0 aromatic carbocycles. The molecule has 0 aliphatic heterocycles. The van der Waals surface area contributed by atoms with Crippen molar-refractivity contribution >= 4 is 50.5 Å². The summed E-state index contributed by atoms with van der Waals surface area (Å²) in [4.78, 5) is 9.16. The molecule has 19 heavy (non-hydrogen) atoms. The maximum atomic E-state index is 6.28. The van der Waals surface area contributed by atoms with Gasteiger partial charge in [-0.3, -0.25) is 0 Å². The van der Waals surface area contributed by atoms with E-state index >= 15 is 0 Å². The highest BCUT2D eigenvalue weighted by Crippen LogP contribution is 2.49. The minimum atomic E-state index is -0.106. The maximum absolute atomic E-state index is 6.28. The highest BCUT2D eigenvalue weighted by Gasteiger charge is 2.43. The van der Waals surface area contributed by atoms with E-state index in [1.54, 1.807) is 0 Å². The second-order valence-corrected chi connectivity index (χ2v) is 7.90. The Balaban J connectivity index is 2.11. The standard InChI is InChI=1S/C13H15BrClN3S/c1-8(15)11-17-10-5-9(14)6-16-12(10)18(11)7-13(19-2)3-4-13/h5-6,8H,3-4,7H2,1-2H3. The summed E-state index contributed by atoms with van der Waals surface area (Å²) in [6.45, 7) is 2.92. The van der Waals surface area contributed by atoms with E-state index < -0.39 is 0 Å². The van der Waals surface area contributed by atoms with E-state index in [-0.39, 0.29) is 5.38 Å². The van der Waals surface area contributed by atoms with Crippen molar-refractivity contribution in [1.29, 1.82) is 0 Å². The van der Waals surface area contributed by atoms with Crippen molar-refractivity contribution in [1.82, 2.24) is 14.5 Å². The summed E-state index contributed by atoms with van der Waals surface area (Å²) in [5.74, 6) is 0.919. The molecule has 2 aromatic rings. The molecule has 1 aliphatic rings. The fourth-order valence-electron chi connectivity index (χ4n) is 2.32. The molecule has 0 bridgehead atoms. The Labute approximate surface area is 130 Å². The molecule has 2 heterocycles.